The molecule has 2 nitrogen and oxygen atoms in total. The van der Waals surface area contributed by atoms with Crippen LogP contribution in [0.5, 0.6) is 0 Å². The summed E-state index contributed by atoms with van der Waals surface area (Å²) in [5.74, 6) is -0.214. The minimum absolute atomic E-state index is 0.0837. The van der Waals surface area contributed by atoms with E-state index >= 15 is 0 Å². The number of thiophene rings is 1. The molecule has 1 aromatic heterocycles. The lowest BCUT2D eigenvalue weighted by Gasteiger charge is -2.23. The van der Waals surface area contributed by atoms with Crippen LogP contribution in [0.15, 0.2) is 41.8 Å². The summed E-state index contributed by atoms with van der Waals surface area (Å²) < 4.78 is 13.6. The Morgan fingerprint density at radius 1 is 1.29 bits per heavy atom. The number of hydrogen-bond acceptors (Lipinski definition) is 3. The number of para-hydroxylation sites is 1. The first-order valence-electron chi connectivity index (χ1n) is 5.43. The normalized spacial score (nSPS) is 12.4. The van der Waals surface area contributed by atoms with Crippen molar-refractivity contribution in [1.29, 1.82) is 0 Å². The smallest absolute Gasteiger partial charge is 0.146 e. The first-order chi connectivity index (χ1) is 8.18. The van der Waals surface area contributed by atoms with E-state index < -0.39 is 0 Å². The van der Waals surface area contributed by atoms with E-state index in [9.17, 15) is 4.39 Å². The van der Waals surface area contributed by atoms with E-state index in [-0.39, 0.29) is 11.9 Å². The van der Waals surface area contributed by atoms with Crippen molar-refractivity contribution >= 4 is 17.0 Å². The summed E-state index contributed by atoms with van der Waals surface area (Å²) in [4.78, 5) is 2.97. The van der Waals surface area contributed by atoms with Crippen LogP contribution in [0.1, 0.15) is 10.9 Å². The molecule has 0 saturated heterocycles. The lowest BCUT2D eigenvalue weighted by Crippen LogP contribution is -2.29. The summed E-state index contributed by atoms with van der Waals surface area (Å²) in [6, 6.07) is 10.6. The van der Waals surface area contributed by atoms with Gasteiger partial charge < -0.3 is 10.6 Å². The van der Waals surface area contributed by atoms with Gasteiger partial charge in [0.1, 0.15) is 5.82 Å². The summed E-state index contributed by atoms with van der Waals surface area (Å²) in [5, 5.41) is 2.00. The monoisotopic (exact) mass is 250 g/mol. The highest BCUT2D eigenvalue weighted by Gasteiger charge is 2.12. The highest BCUT2D eigenvalue weighted by atomic mass is 32.1. The molecule has 0 aliphatic rings. The third-order valence-electron chi connectivity index (χ3n) is 2.64. The van der Waals surface area contributed by atoms with Crippen molar-refractivity contribution in [1.82, 2.24) is 0 Å². The number of hydrogen-bond donors (Lipinski definition) is 1. The van der Waals surface area contributed by atoms with E-state index in [2.05, 4.69) is 0 Å². The lowest BCUT2D eigenvalue weighted by atomic mass is 10.2. The molecule has 2 N–H and O–H groups in total. The molecule has 0 fully saturated rings. The third kappa shape index (κ3) is 2.84. The van der Waals surface area contributed by atoms with Gasteiger partial charge in [-0.25, -0.2) is 4.39 Å². The molecule has 1 unspecified atom stereocenters. The van der Waals surface area contributed by atoms with Crippen LogP contribution in [0.2, 0.25) is 0 Å². The van der Waals surface area contributed by atoms with Crippen LogP contribution in [-0.4, -0.2) is 13.6 Å². The van der Waals surface area contributed by atoms with E-state index in [4.69, 9.17) is 5.73 Å². The van der Waals surface area contributed by atoms with Crippen molar-refractivity contribution in [3.8, 4) is 0 Å². The number of halogens is 1. The maximum Gasteiger partial charge on any atom is 0.146 e. The Balaban J connectivity index is 2.07. The molecule has 2 rings (SSSR count). The zero-order valence-corrected chi connectivity index (χ0v) is 10.5. The van der Waals surface area contributed by atoms with Crippen LogP contribution in [0, 0.1) is 5.82 Å². The van der Waals surface area contributed by atoms with E-state index in [0.717, 1.165) is 4.88 Å². The largest absolute Gasteiger partial charge is 0.370 e. The van der Waals surface area contributed by atoms with Crippen molar-refractivity contribution in [3.63, 3.8) is 0 Å². The number of nitrogens with two attached hydrogens (primary N) is 1. The number of rotatable bonds is 4. The summed E-state index contributed by atoms with van der Waals surface area (Å²) in [6.45, 7) is 0.599. The van der Waals surface area contributed by atoms with Gasteiger partial charge in [-0.2, -0.15) is 0 Å². The zero-order chi connectivity index (χ0) is 12.3. The van der Waals surface area contributed by atoms with Crippen molar-refractivity contribution in [2.45, 2.75) is 6.04 Å². The average Bonchev–Trinajstić information content (AvgIpc) is 2.82. The molecule has 0 spiro atoms. The Kier molecular flexibility index (Phi) is 3.76. The molecule has 0 saturated carbocycles. The SMILES string of the molecule is CN(CC(N)c1cccs1)c1ccccc1F. The van der Waals surface area contributed by atoms with Crippen molar-refractivity contribution < 1.29 is 4.39 Å². The first kappa shape index (κ1) is 12.1. The fourth-order valence-electron chi connectivity index (χ4n) is 1.75. The predicted molar refractivity (Wildman–Crippen MR) is 70.9 cm³/mol. The second kappa shape index (κ2) is 5.29. The molecule has 90 valence electrons. The molecule has 2 aromatic rings. The fraction of sp³-hybridized carbons (Fsp3) is 0.231. The molecule has 17 heavy (non-hydrogen) atoms. The molecule has 0 amide bonds. The maximum absolute atomic E-state index is 13.6. The molecule has 0 aliphatic carbocycles. The molecule has 0 bridgehead atoms. The molecule has 0 aliphatic heterocycles. The van der Waals surface area contributed by atoms with Crippen molar-refractivity contribution in [3.05, 3.63) is 52.5 Å². The van der Waals surface area contributed by atoms with Crippen molar-refractivity contribution in [2.24, 2.45) is 5.73 Å². The first-order valence-corrected chi connectivity index (χ1v) is 6.31. The highest BCUT2D eigenvalue weighted by molar-refractivity contribution is 7.10. The Hall–Kier alpha value is -1.39. The van der Waals surface area contributed by atoms with Crippen LogP contribution in [0.4, 0.5) is 10.1 Å². The van der Waals surface area contributed by atoms with Gasteiger partial charge in [-0.05, 0) is 23.6 Å². The molecule has 1 heterocycles. The Bertz CT molecular complexity index is 470. The minimum Gasteiger partial charge on any atom is -0.370 e. The van der Waals surface area contributed by atoms with Crippen molar-refractivity contribution in [2.75, 3.05) is 18.5 Å². The second-order valence-corrected chi connectivity index (χ2v) is 4.93. The lowest BCUT2D eigenvalue weighted by molar-refractivity contribution is 0.615. The van der Waals surface area contributed by atoms with Crippen LogP contribution in [0.3, 0.4) is 0 Å². The third-order valence-corrected chi connectivity index (χ3v) is 3.65. The zero-order valence-electron chi connectivity index (χ0n) is 9.64. The summed E-state index contributed by atoms with van der Waals surface area (Å²) >= 11 is 1.63. The molecule has 1 aromatic carbocycles. The van der Waals surface area contributed by atoms with Gasteiger partial charge in [0.05, 0.1) is 11.7 Å². The van der Waals surface area contributed by atoms with E-state index in [0.29, 0.717) is 12.2 Å². The van der Waals surface area contributed by atoms with Crippen LogP contribution in [0.25, 0.3) is 0 Å². The van der Waals surface area contributed by atoms with E-state index in [1.165, 1.54) is 6.07 Å². The second-order valence-electron chi connectivity index (χ2n) is 3.95. The maximum atomic E-state index is 13.6. The van der Waals surface area contributed by atoms with Gasteiger partial charge in [-0.15, -0.1) is 11.3 Å². The molecule has 4 heteroatoms. The topological polar surface area (TPSA) is 29.3 Å². The minimum atomic E-state index is -0.214. The fourth-order valence-corrected chi connectivity index (χ4v) is 2.47. The van der Waals surface area contributed by atoms with E-state index in [1.807, 2.05) is 35.5 Å². The van der Waals surface area contributed by atoms with Gasteiger partial charge in [0.25, 0.3) is 0 Å². The van der Waals surface area contributed by atoms with Gasteiger partial charge in [0.2, 0.25) is 0 Å². The summed E-state index contributed by atoms with van der Waals surface area (Å²) in [7, 11) is 1.85. The molecular weight excluding hydrogens is 235 g/mol. The Labute approximate surface area is 104 Å². The van der Waals surface area contributed by atoms with Gasteiger partial charge >= 0.3 is 0 Å². The molecule has 1 atom stereocenters. The standard InChI is InChI=1S/C13H15FN2S/c1-16(12-6-3-2-5-10(12)14)9-11(15)13-7-4-8-17-13/h2-8,11H,9,15H2,1H3. The number of anilines is 1. The number of likely N-dealkylation sites (N-methyl/N-ethyl adjacent to an activating group) is 1. The van der Waals surface area contributed by atoms with Gasteiger partial charge in [0.15, 0.2) is 0 Å². The molecular formula is C13H15FN2S. The highest BCUT2D eigenvalue weighted by Crippen LogP contribution is 2.22. The van der Waals surface area contributed by atoms with Gasteiger partial charge in [-0.3, -0.25) is 0 Å². The average molecular weight is 250 g/mol. The van der Waals surface area contributed by atoms with Crippen LogP contribution in [-0.2, 0) is 0 Å². The summed E-state index contributed by atoms with van der Waals surface area (Å²) in [5.41, 5.74) is 6.66. The Morgan fingerprint density at radius 3 is 2.71 bits per heavy atom. The van der Waals surface area contributed by atoms with Gasteiger partial charge in [0, 0.05) is 18.5 Å². The van der Waals surface area contributed by atoms with Crippen LogP contribution < -0.4 is 10.6 Å². The molecule has 0 radical (unpaired) electrons. The van der Waals surface area contributed by atoms with Gasteiger partial charge in [-0.1, -0.05) is 18.2 Å². The van der Waals surface area contributed by atoms with Crippen LogP contribution >= 0.6 is 11.3 Å². The number of nitrogens with zero attached hydrogens (tertiary/aromatic N) is 1. The number of benzene rings is 1. The summed E-state index contributed by atoms with van der Waals surface area (Å²) in [6.07, 6.45) is 0. The van der Waals surface area contributed by atoms with E-state index in [1.54, 1.807) is 23.5 Å². The Morgan fingerprint density at radius 2 is 2.06 bits per heavy atom. The quantitative estimate of drug-likeness (QED) is 0.903. The predicted octanol–water partition coefficient (Wildman–Crippen LogP) is 3.02.